The van der Waals surface area contributed by atoms with Crippen LogP contribution in [0.1, 0.15) is 0 Å². The molecular weight excluding hydrogens is 415 g/mol. The van der Waals surface area contributed by atoms with Crippen LogP contribution >= 0.6 is 23.2 Å². The molecule has 1 aliphatic heterocycles. The predicted molar refractivity (Wildman–Crippen MR) is 115 cm³/mol. The van der Waals surface area contributed by atoms with E-state index in [0.717, 1.165) is 5.69 Å². The van der Waals surface area contributed by atoms with Gasteiger partial charge in [-0.15, -0.1) is 0 Å². The van der Waals surface area contributed by atoms with Gasteiger partial charge in [0.1, 0.15) is 12.4 Å². The number of carbonyl (C=O) groups is 2. The molecule has 0 unspecified atom stereocenters. The van der Waals surface area contributed by atoms with E-state index in [1.807, 2.05) is 4.90 Å². The second-order valence-electron chi connectivity index (χ2n) is 6.59. The first-order valence-corrected chi connectivity index (χ1v) is 9.89. The summed E-state index contributed by atoms with van der Waals surface area (Å²) in [6.45, 7) is 2.29. The fourth-order valence-electron chi connectivity index (χ4n) is 2.84. The van der Waals surface area contributed by atoms with Gasteiger partial charge in [0.15, 0.2) is 0 Å². The third kappa shape index (κ3) is 5.92. The molecule has 1 heterocycles. The third-order valence-electron chi connectivity index (χ3n) is 4.43. The van der Waals surface area contributed by atoms with Crippen LogP contribution in [0.5, 0.6) is 5.75 Å². The molecule has 0 bridgehead atoms. The molecule has 7 nitrogen and oxygen atoms in total. The van der Waals surface area contributed by atoms with Gasteiger partial charge in [-0.2, -0.15) is 0 Å². The lowest BCUT2D eigenvalue weighted by atomic mass is 10.2. The molecule has 154 valence electrons. The van der Waals surface area contributed by atoms with E-state index < -0.39 is 0 Å². The molecule has 0 aliphatic carbocycles. The molecule has 1 saturated heterocycles. The van der Waals surface area contributed by atoms with Crippen LogP contribution in [-0.2, 0) is 4.79 Å². The smallest absolute Gasteiger partial charge is 0.321 e. The standard InChI is InChI=1S/C20H22Cl2N4O3/c1-25(10-11-29-16-5-2-14(21)3-6-16)20(28)24-15-4-7-18(17(22)12-15)26-9-8-23-19(27)13-26/h2-7,12H,8-11,13H2,1H3,(H,23,27)(H,24,28). The van der Waals surface area contributed by atoms with E-state index in [1.54, 1.807) is 49.5 Å². The summed E-state index contributed by atoms with van der Waals surface area (Å²) in [7, 11) is 1.68. The average Bonchev–Trinajstić information content (AvgIpc) is 2.69. The van der Waals surface area contributed by atoms with Gasteiger partial charge in [0.05, 0.1) is 23.8 Å². The molecule has 1 fully saturated rings. The molecule has 0 aromatic heterocycles. The summed E-state index contributed by atoms with van der Waals surface area (Å²) in [6.07, 6.45) is 0. The van der Waals surface area contributed by atoms with Crippen LogP contribution in [0.25, 0.3) is 0 Å². The maximum atomic E-state index is 12.4. The summed E-state index contributed by atoms with van der Waals surface area (Å²) in [5.74, 6) is 0.657. The van der Waals surface area contributed by atoms with Crippen LogP contribution in [0, 0.1) is 0 Å². The molecule has 3 rings (SSSR count). The van der Waals surface area contributed by atoms with E-state index >= 15 is 0 Å². The predicted octanol–water partition coefficient (Wildman–Crippen LogP) is 3.47. The first-order valence-electron chi connectivity index (χ1n) is 9.14. The fourth-order valence-corrected chi connectivity index (χ4v) is 3.26. The zero-order valence-corrected chi connectivity index (χ0v) is 17.5. The second-order valence-corrected chi connectivity index (χ2v) is 7.44. The van der Waals surface area contributed by atoms with Gasteiger partial charge in [0.25, 0.3) is 0 Å². The van der Waals surface area contributed by atoms with Crippen molar-refractivity contribution in [3.63, 3.8) is 0 Å². The highest BCUT2D eigenvalue weighted by molar-refractivity contribution is 6.33. The minimum atomic E-state index is -0.272. The Labute approximate surface area is 179 Å². The summed E-state index contributed by atoms with van der Waals surface area (Å²) in [4.78, 5) is 27.4. The Kier molecular flexibility index (Phi) is 7.06. The Bertz CT molecular complexity index is 877. The van der Waals surface area contributed by atoms with Gasteiger partial charge in [0, 0.05) is 30.8 Å². The van der Waals surface area contributed by atoms with E-state index in [4.69, 9.17) is 27.9 Å². The van der Waals surface area contributed by atoms with Gasteiger partial charge < -0.3 is 25.2 Å². The van der Waals surface area contributed by atoms with Crippen molar-refractivity contribution in [2.45, 2.75) is 0 Å². The number of likely N-dealkylation sites (N-methyl/N-ethyl adjacent to an activating group) is 1. The van der Waals surface area contributed by atoms with Gasteiger partial charge >= 0.3 is 6.03 Å². The first kappa shape index (κ1) is 21.1. The molecule has 0 spiro atoms. The van der Waals surface area contributed by atoms with Crippen molar-refractivity contribution in [3.8, 4) is 5.75 Å². The summed E-state index contributed by atoms with van der Waals surface area (Å²) in [6, 6.07) is 12.0. The number of rotatable bonds is 6. The largest absolute Gasteiger partial charge is 0.492 e. The Balaban J connectivity index is 1.50. The van der Waals surface area contributed by atoms with E-state index in [0.29, 0.717) is 47.7 Å². The zero-order valence-electron chi connectivity index (χ0n) is 16.0. The van der Waals surface area contributed by atoms with Gasteiger partial charge in [-0.05, 0) is 42.5 Å². The Hall–Kier alpha value is -2.64. The van der Waals surface area contributed by atoms with E-state index in [2.05, 4.69) is 10.6 Å². The lowest BCUT2D eigenvalue weighted by Crippen LogP contribution is -2.47. The number of anilines is 2. The highest BCUT2D eigenvalue weighted by Crippen LogP contribution is 2.29. The number of nitrogens with one attached hydrogen (secondary N) is 2. The average molecular weight is 437 g/mol. The molecule has 0 saturated carbocycles. The minimum Gasteiger partial charge on any atom is -0.492 e. The maximum Gasteiger partial charge on any atom is 0.321 e. The summed E-state index contributed by atoms with van der Waals surface area (Å²) < 4.78 is 5.60. The van der Waals surface area contributed by atoms with Crippen LogP contribution in [0.4, 0.5) is 16.2 Å². The van der Waals surface area contributed by atoms with Crippen molar-refractivity contribution in [2.24, 2.45) is 0 Å². The molecule has 2 N–H and O–H groups in total. The third-order valence-corrected chi connectivity index (χ3v) is 4.99. The number of carbonyl (C=O) groups excluding carboxylic acids is 2. The summed E-state index contributed by atoms with van der Waals surface area (Å²) in [5, 5.41) is 6.71. The van der Waals surface area contributed by atoms with Gasteiger partial charge in [0.2, 0.25) is 5.91 Å². The molecule has 2 aromatic carbocycles. The van der Waals surface area contributed by atoms with E-state index in [-0.39, 0.29) is 18.5 Å². The Morgan fingerprint density at radius 1 is 1.24 bits per heavy atom. The highest BCUT2D eigenvalue weighted by atomic mass is 35.5. The Morgan fingerprint density at radius 2 is 2.00 bits per heavy atom. The van der Waals surface area contributed by atoms with Crippen LogP contribution in [0.2, 0.25) is 10.0 Å². The monoisotopic (exact) mass is 436 g/mol. The summed E-state index contributed by atoms with van der Waals surface area (Å²) >= 11 is 12.2. The van der Waals surface area contributed by atoms with Crippen molar-refractivity contribution in [1.82, 2.24) is 10.2 Å². The molecule has 3 amide bonds. The van der Waals surface area contributed by atoms with Crippen molar-refractivity contribution in [2.75, 3.05) is 50.1 Å². The van der Waals surface area contributed by atoms with Crippen molar-refractivity contribution < 1.29 is 14.3 Å². The number of urea groups is 1. The Morgan fingerprint density at radius 3 is 2.69 bits per heavy atom. The number of halogens is 2. The quantitative estimate of drug-likeness (QED) is 0.726. The van der Waals surface area contributed by atoms with E-state index in [1.165, 1.54) is 4.90 Å². The summed E-state index contributed by atoms with van der Waals surface area (Å²) in [5.41, 5.74) is 1.35. The van der Waals surface area contributed by atoms with Gasteiger partial charge in [-0.25, -0.2) is 4.79 Å². The fraction of sp³-hybridized carbons (Fsp3) is 0.300. The number of nitrogens with zero attached hydrogens (tertiary/aromatic N) is 2. The zero-order chi connectivity index (χ0) is 20.8. The van der Waals surface area contributed by atoms with Gasteiger partial charge in [-0.1, -0.05) is 23.2 Å². The second kappa shape index (κ2) is 9.71. The first-order chi connectivity index (χ1) is 13.9. The lowest BCUT2D eigenvalue weighted by molar-refractivity contribution is -0.120. The van der Waals surface area contributed by atoms with Crippen LogP contribution in [0.15, 0.2) is 42.5 Å². The normalized spacial score (nSPS) is 13.6. The molecular formula is C20H22Cl2N4O3. The number of piperazine rings is 1. The molecule has 2 aromatic rings. The number of hydrogen-bond donors (Lipinski definition) is 2. The SMILES string of the molecule is CN(CCOc1ccc(Cl)cc1)C(=O)Nc1ccc(N2CCNC(=O)C2)c(Cl)c1. The van der Waals surface area contributed by atoms with Crippen LogP contribution < -0.4 is 20.3 Å². The van der Waals surface area contributed by atoms with Crippen LogP contribution in [0.3, 0.4) is 0 Å². The number of benzene rings is 2. The molecule has 1 aliphatic rings. The number of amides is 3. The topological polar surface area (TPSA) is 73.9 Å². The van der Waals surface area contributed by atoms with Gasteiger partial charge in [-0.3, -0.25) is 4.79 Å². The van der Waals surface area contributed by atoms with Crippen molar-refractivity contribution in [3.05, 3.63) is 52.5 Å². The lowest BCUT2D eigenvalue weighted by Gasteiger charge is -2.29. The maximum absolute atomic E-state index is 12.4. The van der Waals surface area contributed by atoms with Crippen molar-refractivity contribution >= 4 is 46.5 Å². The minimum absolute atomic E-state index is 0.0351. The molecule has 29 heavy (non-hydrogen) atoms. The highest BCUT2D eigenvalue weighted by Gasteiger charge is 2.19. The number of ether oxygens (including phenoxy) is 1. The number of hydrogen-bond acceptors (Lipinski definition) is 4. The molecule has 0 radical (unpaired) electrons. The van der Waals surface area contributed by atoms with E-state index in [9.17, 15) is 9.59 Å². The van der Waals surface area contributed by atoms with Crippen LogP contribution in [-0.4, -0.2) is 56.7 Å². The van der Waals surface area contributed by atoms with Crippen molar-refractivity contribution in [1.29, 1.82) is 0 Å². The molecule has 9 heteroatoms. The molecule has 0 atom stereocenters.